The molecule has 0 bridgehead atoms. The fourth-order valence-corrected chi connectivity index (χ4v) is 1.58. The van der Waals surface area contributed by atoms with E-state index in [2.05, 4.69) is 15.9 Å². The van der Waals surface area contributed by atoms with Crippen LogP contribution >= 0.6 is 27.5 Å². The molecule has 0 aromatic heterocycles. The van der Waals surface area contributed by atoms with Crippen molar-refractivity contribution >= 4 is 27.5 Å². The average molecular weight is 253 g/mol. The minimum absolute atomic E-state index is 0.0283. The van der Waals surface area contributed by atoms with Crippen LogP contribution in [-0.4, -0.2) is 11.7 Å². The van der Waals surface area contributed by atoms with Crippen molar-refractivity contribution in [2.75, 3.05) is 6.61 Å². The summed E-state index contributed by atoms with van der Waals surface area (Å²) < 4.78 is 13.4. The van der Waals surface area contributed by atoms with Gasteiger partial charge in [-0.05, 0) is 24.1 Å². The van der Waals surface area contributed by atoms with Crippen molar-refractivity contribution in [1.82, 2.24) is 0 Å². The van der Waals surface area contributed by atoms with Crippen molar-refractivity contribution in [3.05, 3.63) is 33.0 Å². The van der Waals surface area contributed by atoms with Crippen molar-refractivity contribution in [3.8, 4) is 0 Å². The summed E-state index contributed by atoms with van der Waals surface area (Å²) >= 11 is 8.72. The Morgan fingerprint density at radius 2 is 2.17 bits per heavy atom. The van der Waals surface area contributed by atoms with E-state index in [0.717, 1.165) is 5.56 Å². The van der Waals surface area contributed by atoms with Crippen LogP contribution in [0.3, 0.4) is 0 Å². The second kappa shape index (κ2) is 4.21. The van der Waals surface area contributed by atoms with E-state index in [1.54, 1.807) is 0 Å². The van der Waals surface area contributed by atoms with Crippen LogP contribution in [0.2, 0.25) is 5.02 Å². The van der Waals surface area contributed by atoms with E-state index >= 15 is 0 Å². The molecule has 1 aromatic carbocycles. The molecule has 4 heteroatoms. The second-order valence-electron chi connectivity index (χ2n) is 2.33. The molecular weight excluding hydrogens is 246 g/mol. The van der Waals surface area contributed by atoms with Gasteiger partial charge in [0.25, 0.3) is 0 Å². The first-order valence-electron chi connectivity index (χ1n) is 3.39. The minimum Gasteiger partial charge on any atom is -0.396 e. The molecule has 12 heavy (non-hydrogen) atoms. The SMILES string of the molecule is OCCc1cc(Cl)c(F)cc1Br. The standard InChI is InChI=1S/C8H7BrClFO/c9-6-4-8(11)7(10)3-5(6)1-2-12/h3-4,12H,1-2H2. The van der Waals surface area contributed by atoms with Gasteiger partial charge < -0.3 is 5.11 Å². The van der Waals surface area contributed by atoms with E-state index in [1.165, 1.54) is 12.1 Å². The Kier molecular flexibility index (Phi) is 3.50. The maximum Gasteiger partial charge on any atom is 0.142 e. The topological polar surface area (TPSA) is 20.2 Å². The third-order valence-corrected chi connectivity index (χ3v) is 2.50. The highest BCUT2D eigenvalue weighted by Gasteiger charge is 2.05. The van der Waals surface area contributed by atoms with Crippen molar-refractivity contribution in [3.63, 3.8) is 0 Å². The van der Waals surface area contributed by atoms with Gasteiger partial charge in [0.05, 0.1) is 5.02 Å². The number of rotatable bonds is 2. The summed E-state index contributed by atoms with van der Waals surface area (Å²) in [5, 5.41) is 8.73. The van der Waals surface area contributed by atoms with Gasteiger partial charge >= 0.3 is 0 Å². The average Bonchev–Trinajstić information content (AvgIpc) is 2.01. The number of aliphatic hydroxyl groups excluding tert-OH is 1. The summed E-state index contributed by atoms with van der Waals surface area (Å²) in [6, 6.07) is 2.81. The molecule has 0 atom stereocenters. The van der Waals surface area contributed by atoms with Crippen LogP contribution in [-0.2, 0) is 6.42 Å². The van der Waals surface area contributed by atoms with E-state index in [9.17, 15) is 4.39 Å². The molecule has 0 aliphatic rings. The van der Waals surface area contributed by atoms with Crippen LogP contribution in [0.4, 0.5) is 4.39 Å². The van der Waals surface area contributed by atoms with E-state index in [4.69, 9.17) is 16.7 Å². The first-order chi connectivity index (χ1) is 5.65. The number of hydrogen-bond donors (Lipinski definition) is 1. The summed E-state index contributed by atoms with van der Waals surface area (Å²) in [7, 11) is 0. The molecule has 1 aromatic rings. The summed E-state index contributed by atoms with van der Waals surface area (Å²) in [6.07, 6.45) is 0.473. The molecule has 0 amide bonds. The summed E-state index contributed by atoms with van der Waals surface area (Å²) in [6.45, 7) is 0.0283. The normalized spacial score (nSPS) is 10.3. The Morgan fingerprint density at radius 3 is 2.75 bits per heavy atom. The van der Waals surface area contributed by atoms with Gasteiger partial charge in [0.2, 0.25) is 0 Å². The second-order valence-corrected chi connectivity index (χ2v) is 3.59. The lowest BCUT2D eigenvalue weighted by Gasteiger charge is -2.03. The zero-order valence-corrected chi connectivity index (χ0v) is 8.49. The van der Waals surface area contributed by atoms with Crippen LogP contribution in [0.25, 0.3) is 0 Å². The molecule has 66 valence electrons. The number of halogens is 3. The molecule has 0 radical (unpaired) electrons. The smallest absolute Gasteiger partial charge is 0.142 e. The zero-order chi connectivity index (χ0) is 9.14. The molecule has 0 saturated carbocycles. The summed E-state index contributed by atoms with van der Waals surface area (Å²) in [4.78, 5) is 0. The lowest BCUT2D eigenvalue weighted by Crippen LogP contribution is -1.93. The highest BCUT2D eigenvalue weighted by atomic mass is 79.9. The number of benzene rings is 1. The number of aliphatic hydroxyl groups is 1. The fraction of sp³-hybridized carbons (Fsp3) is 0.250. The number of hydrogen-bond acceptors (Lipinski definition) is 1. The highest BCUT2D eigenvalue weighted by molar-refractivity contribution is 9.10. The Bertz CT molecular complexity index is 291. The molecule has 0 spiro atoms. The molecule has 0 fully saturated rings. The van der Waals surface area contributed by atoms with Gasteiger partial charge in [-0.25, -0.2) is 4.39 Å². The van der Waals surface area contributed by atoms with Crippen LogP contribution in [0.1, 0.15) is 5.56 Å². The van der Waals surface area contributed by atoms with Crippen molar-refractivity contribution < 1.29 is 9.50 Å². The van der Waals surface area contributed by atoms with E-state index < -0.39 is 5.82 Å². The molecule has 1 nitrogen and oxygen atoms in total. The Morgan fingerprint density at radius 1 is 1.50 bits per heavy atom. The molecule has 0 unspecified atom stereocenters. The molecule has 1 N–H and O–H groups in total. The van der Waals surface area contributed by atoms with Gasteiger partial charge in [0, 0.05) is 11.1 Å². The maximum atomic E-state index is 12.8. The Labute approximate surface area is 83.3 Å². The zero-order valence-electron chi connectivity index (χ0n) is 6.15. The monoisotopic (exact) mass is 252 g/mol. The highest BCUT2D eigenvalue weighted by Crippen LogP contribution is 2.24. The fourth-order valence-electron chi connectivity index (χ4n) is 0.876. The van der Waals surface area contributed by atoms with Crippen LogP contribution in [0.5, 0.6) is 0 Å². The first kappa shape index (κ1) is 9.96. The van der Waals surface area contributed by atoms with Crippen LogP contribution in [0, 0.1) is 5.82 Å². The van der Waals surface area contributed by atoms with Gasteiger partial charge in [-0.3, -0.25) is 0 Å². The van der Waals surface area contributed by atoms with Crippen molar-refractivity contribution in [2.24, 2.45) is 0 Å². The molecule has 0 aliphatic heterocycles. The predicted molar refractivity (Wildman–Crippen MR) is 49.9 cm³/mol. The summed E-state index contributed by atoms with van der Waals surface area (Å²) in [5.74, 6) is -0.453. The molecule has 0 saturated heterocycles. The Balaban J connectivity index is 3.05. The molecular formula is C8H7BrClFO. The van der Waals surface area contributed by atoms with Crippen molar-refractivity contribution in [2.45, 2.75) is 6.42 Å². The summed E-state index contributed by atoms with van der Waals surface area (Å²) in [5.41, 5.74) is 0.809. The van der Waals surface area contributed by atoms with Gasteiger partial charge in [-0.2, -0.15) is 0 Å². The minimum atomic E-state index is -0.453. The third-order valence-electron chi connectivity index (χ3n) is 1.47. The van der Waals surface area contributed by atoms with Gasteiger partial charge in [-0.15, -0.1) is 0 Å². The maximum absolute atomic E-state index is 12.8. The predicted octanol–water partition coefficient (Wildman–Crippen LogP) is 2.78. The van der Waals surface area contributed by atoms with Crippen molar-refractivity contribution in [1.29, 1.82) is 0 Å². The molecule has 1 rings (SSSR count). The quantitative estimate of drug-likeness (QED) is 0.804. The molecule has 0 aliphatic carbocycles. The van der Waals surface area contributed by atoms with E-state index in [1.807, 2.05) is 0 Å². The van der Waals surface area contributed by atoms with Gasteiger partial charge in [0.15, 0.2) is 0 Å². The lowest BCUT2D eigenvalue weighted by atomic mass is 10.1. The van der Waals surface area contributed by atoms with E-state index in [0.29, 0.717) is 10.9 Å². The van der Waals surface area contributed by atoms with E-state index in [-0.39, 0.29) is 11.6 Å². The van der Waals surface area contributed by atoms with Gasteiger partial charge in [0.1, 0.15) is 5.82 Å². The Hall–Kier alpha value is -0.120. The van der Waals surface area contributed by atoms with Gasteiger partial charge in [-0.1, -0.05) is 27.5 Å². The van der Waals surface area contributed by atoms with Crippen LogP contribution in [0.15, 0.2) is 16.6 Å². The van der Waals surface area contributed by atoms with Crippen LogP contribution < -0.4 is 0 Å². The first-order valence-corrected chi connectivity index (χ1v) is 4.56. The molecule has 0 heterocycles. The lowest BCUT2D eigenvalue weighted by molar-refractivity contribution is 0.299. The third kappa shape index (κ3) is 2.19. The largest absolute Gasteiger partial charge is 0.396 e.